The summed E-state index contributed by atoms with van der Waals surface area (Å²) >= 11 is 7.69. The van der Waals surface area contributed by atoms with Crippen LogP contribution in [-0.4, -0.2) is 22.1 Å². The number of nitrogens with zero attached hydrogens (tertiary/aromatic N) is 2. The molecule has 0 bridgehead atoms. The van der Waals surface area contributed by atoms with Gasteiger partial charge in [-0.05, 0) is 45.7 Å². The van der Waals surface area contributed by atoms with Crippen molar-refractivity contribution in [1.29, 1.82) is 0 Å². The normalized spacial score (nSPS) is 11.6. The molecule has 0 saturated heterocycles. The van der Waals surface area contributed by atoms with E-state index >= 15 is 0 Å². The second-order valence-electron chi connectivity index (χ2n) is 6.63. The first-order valence-electron chi connectivity index (χ1n) is 7.82. The molecule has 0 fully saturated rings. The van der Waals surface area contributed by atoms with Crippen LogP contribution in [0.4, 0.5) is 0 Å². The highest BCUT2D eigenvalue weighted by Crippen LogP contribution is 2.26. The molecule has 1 heterocycles. The van der Waals surface area contributed by atoms with E-state index < -0.39 is 5.54 Å². The highest BCUT2D eigenvalue weighted by atomic mass is 35.5. The van der Waals surface area contributed by atoms with Crippen molar-refractivity contribution in [2.75, 3.05) is 12.4 Å². The molecular formula is C18H23ClN2O2S. The number of para-hydroxylation sites is 1. The molecular weight excluding hydrogens is 344 g/mol. The Kier molecular flexibility index (Phi) is 5.99. The van der Waals surface area contributed by atoms with Crippen LogP contribution >= 0.6 is 23.4 Å². The summed E-state index contributed by atoms with van der Waals surface area (Å²) in [4.78, 5) is 13.0. The lowest BCUT2D eigenvalue weighted by atomic mass is 10.1. The van der Waals surface area contributed by atoms with E-state index in [-0.39, 0.29) is 10.6 Å². The molecule has 0 amide bonds. The molecule has 0 unspecified atom stereocenters. The second-order valence-corrected chi connectivity index (χ2v) is 8.14. The first kappa shape index (κ1) is 18.9. The van der Waals surface area contributed by atoms with Gasteiger partial charge in [0.15, 0.2) is 0 Å². The van der Waals surface area contributed by atoms with E-state index in [0.717, 1.165) is 16.9 Å². The van der Waals surface area contributed by atoms with Crippen molar-refractivity contribution in [3.05, 3.63) is 50.9 Å². The van der Waals surface area contributed by atoms with E-state index in [9.17, 15) is 4.79 Å². The van der Waals surface area contributed by atoms with E-state index in [1.807, 2.05) is 52.8 Å². The van der Waals surface area contributed by atoms with Gasteiger partial charge in [-0.1, -0.05) is 29.8 Å². The Morgan fingerprint density at radius 2 is 1.88 bits per heavy atom. The number of halogens is 1. The molecule has 0 aliphatic heterocycles. The van der Waals surface area contributed by atoms with Crippen LogP contribution in [0, 0.1) is 13.8 Å². The molecule has 2 aromatic rings. The predicted molar refractivity (Wildman–Crippen MR) is 101 cm³/mol. The van der Waals surface area contributed by atoms with Crippen LogP contribution in [0.5, 0.6) is 5.75 Å². The van der Waals surface area contributed by atoms with Gasteiger partial charge in [-0.25, -0.2) is 4.68 Å². The molecule has 0 N–H and O–H groups in total. The van der Waals surface area contributed by atoms with Gasteiger partial charge in [0.05, 0.1) is 23.2 Å². The van der Waals surface area contributed by atoms with Crippen LogP contribution in [0.25, 0.3) is 0 Å². The number of aryl methyl sites for hydroxylation is 2. The monoisotopic (exact) mass is 366 g/mol. The molecule has 0 spiro atoms. The molecule has 0 atom stereocenters. The topological polar surface area (TPSA) is 44.1 Å². The van der Waals surface area contributed by atoms with Crippen molar-refractivity contribution in [2.24, 2.45) is 0 Å². The zero-order valence-corrected chi connectivity index (χ0v) is 16.3. The van der Waals surface area contributed by atoms with Crippen molar-refractivity contribution in [3.63, 3.8) is 0 Å². The summed E-state index contributed by atoms with van der Waals surface area (Å²) in [6, 6.07) is 6.08. The van der Waals surface area contributed by atoms with E-state index in [1.165, 1.54) is 16.4 Å². The van der Waals surface area contributed by atoms with E-state index in [2.05, 4.69) is 5.10 Å². The maximum absolute atomic E-state index is 12.3. The van der Waals surface area contributed by atoms with Gasteiger partial charge in [0.2, 0.25) is 0 Å². The third kappa shape index (κ3) is 4.33. The Morgan fingerprint density at radius 3 is 2.46 bits per heavy atom. The predicted octanol–water partition coefficient (Wildman–Crippen LogP) is 4.44. The molecule has 1 aromatic heterocycles. The fourth-order valence-corrected chi connectivity index (χ4v) is 3.33. The van der Waals surface area contributed by atoms with Crippen molar-refractivity contribution in [1.82, 2.24) is 9.78 Å². The molecule has 24 heavy (non-hydrogen) atoms. The zero-order chi connectivity index (χ0) is 17.9. The standard InChI is InChI=1S/C18H23ClN2O2S/c1-12-7-6-8-13(2)16(12)23-9-10-24-14-11-20-21(18(3,4)5)17(22)15(14)19/h6-8,11H,9-10H2,1-5H3. The largest absolute Gasteiger partial charge is 0.492 e. The van der Waals surface area contributed by atoms with Gasteiger partial charge in [0, 0.05) is 5.75 Å². The number of ether oxygens (including phenoxy) is 1. The van der Waals surface area contributed by atoms with Crippen molar-refractivity contribution < 1.29 is 4.74 Å². The van der Waals surface area contributed by atoms with E-state index in [0.29, 0.717) is 17.3 Å². The molecule has 130 valence electrons. The van der Waals surface area contributed by atoms with Gasteiger partial charge in [-0.3, -0.25) is 4.79 Å². The quantitative estimate of drug-likeness (QED) is 0.579. The van der Waals surface area contributed by atoms with Crippen LogP contribution in [0.3, 0.4) is 0 Å². The first-order chi connectivity index (χ1) is 11.2. The SMILES string of the molecule is Cc1cccc(C)c1OCCSc1cnn(C(C)(C)C)c(=O)c1Cl. The van der Waals surface area contributed by atoms with Gasteiger partial charge in [-0.15, -0.1) is 11.8 Å². The zero-order valence-electron chi connectivity index (χ0n) is 14.7. The van der Waals surface area contributed by atoms with Crippen molar-refractivity contribution >= 4 is 23.4 Å². The van der Waals surface area contributed by atoms with Crippen LogP contribution in [-0.2, 0) is 5.54 Å². The van der Waals surface area contributed by atoms with Crippen LogP contribution in [0.2, 0.25) is 5.02 Å². The highest BCUT2D eigenvalue weighted by Gasteiger charge is 2.19. The number of aromatic nitrogens is 2. The van der Waals surface area contributed by atoms with E-state index in [1.54, 1.807) is 6.20 Å². The average Bonchev–Trinajstić information content (AvgIpc) is 2.48. The fraction of sp³-hybridized carbons (Fsp3) is 0.444. The Hall–Kier alpha value is -1.46. The van der Waals surface area contributed by atoms with Gasteiger partial charge >= 0.3 is 0 Å². The number of benzene rings is 1. The molecule has 0 aliphatic carbocycles. The first-order valence-corrected chi connectivity index (χ1v) is 9.18. The lowest BCUT2D eigenvalue weighted by Crippen LogP contribution is -2.36. The minimum Gasteiger partial charge on any atom is -0.492 e. The van der Waals surface area contributed by atoms with Crippen molar-refractivity contribution in [2.45, 2.75) is 45.1 Å². The number of thioether (sulfide) groups is 1. The molecule has 0 radical (unpaired) electrons. The molecule has 4 nitrogen and oxygen atoms in total. The fourth-order valence-electron chi connectivity index (χ4n) is 2.32. The van der Waals surface area contributed by atoms with Gasteiger partial charge < -0.3 is 4.74 Å². The maximum atomic E-state index is 12.3. The summed E-state index contributed by atoms with van der Waals surface area (Å²) in [5, 5.41) is 4.45. The molecule has 2 rings (SSSR count). The summed E-state index contributed by atoms with van der Waals surface area (Å²) in [5.41, 5.74) is 1.58. The molecule has 1 aromatic carbocycles. The minimum atomic E-state index is -0.393. The van der Waals surface area contributed by atoms with E-state index in [4.69, 9.17) is 16.3 Å². The Bertz CT molecular complexity index is 761. The second kappa shape index (κ2) is 7.62. The number of hydrogen-bond acceptors (Lipinski definition) is 4. The average molecular weight is 367 g/mol. The lowest BCUT2D eigenvalue weighted by molar-refractivity contribution is 0.335. The maximum Gasteiger partial charge on any atom is 0.287 e. The van der Waals surface area contributed by atoms with Crippen LogP contribution in [0.1, 0.15) is 31.9 Å². The van der Waals surface area contributed by atoms with Gasteiger partial charge in [-0.2, -0.15) is 5.10 Å². The summed E-state index contributed by atoms with van der Waals surface area (Å²) in [6.45, 7) is 10.4. The summed E-state index contributed by atoms with van der Waals surface area (Å²) in [6.07, 6.45) is 1.65. The van der Waals surface area contributed by atoms with Crippen LogP contribution < -0.4 is 10.3 Å². The third-order valence-electron chi connectivity index (χ3n) is 3.52. The number of rotatable bonds is 5. The third-order valence-corrected chi connectivity index (χ3v) is 4.99. The van der Waals surface area contributed by atoms with Gasteiger partial charge in [0.1, 0.15) is 10.8 Å². The van der Waals surface area contributed by atoms with Crippen molar-refractivity contribution in [3.8, 4) is 5.75 Å². The smallest absolute Gasteiger partial charge is 0.287 e. The molecule has 0 saturated carbocycles. The lowest BCUT2D eigenvalue weighted by Gasteiger charge is -2.21. The molecule has 0 aliphatic rings. The summed E-state index contributed by atoms with van der Waals surface area (Å²) in [7, 11) is 0. The summed E-state index contributed by atoms with van der Waals surface area (Å²) in [5.74, 6) is 1.61. The molecule has 6 heteroatoms. The Balaban J connectivity index is 2.01. The Morgan fingerprint density at radius 1 is 1.25 bits per heavy atom. The summed E-state index contributed by atoms with van der Waals surface area (Å²) < 4.78 is 7.28. The van der Waals surface area contributed by atoms with Crippen LogP contribution in [0.15, 0.2) is 34.1 Å². The minimum absolute atomic E-state index is 0.219. The Labute approximate surface area is 152 Å². The number of hydrogen-bond donors (Lipinski definition) is 0. The highest BCUT2D eigenvalue weighted by molar-refractivity contribution is 7.99. The van der Waals surface area contributed by atoms with Gasteiger partial charge in [0.25, 0.3) is 5.56 Å².